The molecule has 1 aromatic carbocycles. The van der Waals surface area contributed by atoms with Gasteiger partial charge in [0, 0.05) is 33.1 Å². The monoisotopic (exact) mass is 331 g/mol. The maximum absolute atomic E-state index is 12.8. The van der Waals surface area contributed by atoms with Crippen molar-refractivity contribution < 1.29 is 19.2 Å². The molecular formula is C16H19N4O4. The highest BCUT2D eigenvalue weighted by atomic mass is 16.2. The zero-order valence-corrected chi connectivity index (χ0v) is 13.4. The van der Waals surface area contributed by atoms with Crippen LogP contribution in [0.3, 0.4) is 0 Å². The molecular weight excluding hydrogens is 312 g/mol. The van der Waals surface area contributed by atoms with Gasteiger partial charge in [0.15, 0.2) is 0 Å². The number of para-hydroxylation sites is 1. The lowest BCUT2D eigenvalue weighted by molar-refractivity contribution is -0.125. The van der Waals surface area contributed by atoms with Crippen molar-refractivity contribution in [2.24, 2.45) is 0 Å². The van der Waals surface area contributed by atoms with E-state index in [-0.39, 0.29) is 0 Å². The summed E-state index contributed by atoms with van der Waals surface area (Å²) in [6, 6.07) is 6.94. The molecule has 0 saturated carbocycles. The molecule has 8 heteroatoms. The molecule has 0 unspecified atom stereocenters. The van der Waals surface area contributed by atoms with Gasteiger partial charge >= 0.3 is 12.1 Å². The first-order valence-electron chi connectivity index (χ1n) is 7.58. The summed E-state index contributed by atoms with van der Waals surface area (Å²) in [4.78, 5) is 51.1. The number of carbonyl (C=O) groups excluding carboxylic acids is 4. The van der Waals surface area contributed by atoms with E-state index in [1.165, 1.54) is 11.2 Å². The third kappa shape index (κ3) is 3.96. The maximum Gasteiger partial charge on any atom is 0.339 e. The van der Waals surface area contributed by atoms with E-state index >= 15 is 0 Å². The Kier molecular flexibility index (Phi) is 6.02. The molecule has 1 saturated heterocycles. The first kappa shape index (κ1) is 17.6. The molecule has 1 heterocycles. The number of nitrogens with one attached hydrogen (secondary N) is 1. The van der Waals surface area contributed by atoms with Crippen LogP contribution < -0.4 is 10.2 Å². The Bertz CT molecular complexity index is 614. The lowest BCUT2D eigenvalue weighted by Crippen LogP contribution is -2.56. The minimum atomic E-state index is -0.861. The van der Waals surface area contributed by atoms with E-state index < -0.39 is 24.5 Å². The predicted octanol–water partition coefficient (Wildman–Crippen LogP) is 0.596. The van der Waals surface area contributed by atoms with Crippen LogP contribution in [0.15, 0.2) is 30.3 Å². The number of piperazine rings is 1. The number of hydrogen-bond acceptors (Lipinski definition) is 5. The summed E-state index contributed by atoms with van der Waals surface area (Å²) < 4.78 is 0. The fourth-order valence-electron chi connectivity index (χ4n) is 2.38. The molecule has 0 aromatic heterocycles. The van der Waals surface area contributed by atoms with Crippen molar-refractivity contribution in [3.05, 3.63) is 30.3 Å². The molecule has 0 spiro atoms. The zero-order valence-electron chi connectivity index (χ0n) is 13.4. The van der Waals surface area contributed by atoms with Crippen molar-refractivity contribution in [2.45, 2.75) is 6.92 Å². The lowest BCUT2D eigenvalue weighted by Gasteiger charge is -2.33. The largest absolute Gasteiger partial charge is 0.339 e. The molecule has 5 amide bonds. The quantitative estimate of drug-likeness (QED) is 0.876. The number of anilines is 1. The summed E-state index contributed by atoms with van der Waals surface area (Å²) in [6.45, 7) is 2.80. The molecule has 8 nitrogen and oxygen atoms in total. The highest BCUT2D eigenvalue weighted by Crippen LogP contribution is 2.18. The Morgan fingerprint density at radius 1 is 1.17 bits per heavy atom. The topological polar surface area (TPSA) is 90.0 Å². The third-order valence-corrected chi connectivity index (χ3v) is 3.62. The van der Waals surface area contributed by atoms with Crippen LogP contribution in [-0.2, 0) is 9.59 Å². The van der Waals surface area contributed by atoms with Crippen LogP contribution in [0.5, 0.6) is 0 Å². The van der Waals surface area contributed by atoms with E-state index in [2.05, 4.69) is 5.32 Å². The van der Waals surface area contributed by atoms with Gasteiger partial charge < -0.3 is 10.2 Å². The maximum atomic E-state index is 12.8. The van der Waals surface area contributed by atoms with Crippen LogP contribution >= 0.6 is 0 Å². The van der Waals surface area contributed by atoms with E-state index in [1.54, 1.807) is 30.3 Å². The van der Waals surface area contributed by atoms with Gasteiger partial charge in [-0.1, -0.05) is 18.2 Å². The Morgan fingerprint density at radius 3 is 2.33 bits per heavy atom. The fraction of sp³-hybridized carbons (Fsp3) is 0.375. The zero-order chi connectivity index (χ0) is 17.5. The Morgan fingerprint density at radius 2 is 1.79 bits per heavy atom. The Labute approximate surface area is 140 Å². The highest BCUT2D eigenvalue weighted by molar-refractivity contribution is 6.17. The highest BCUT2D eigenvalue weighted by Gasteiger charge is 2.33. The van der Waals surface area contributed by atoms with Crippen LogP contribution in [0.1, 0.15) is 6.92 Å². The molecule has 0 bridgehead atoms. The van der Waals surface area contributed by atoms with E-state index in [9.17, 15) is 19.2 Å². The van der Waals surface area contributed by atoms with Crippen molar-refractivity contribution >= 4 is 29.9 Å². The van der Waals surface area contributed by atoms with Gasteiger partial charge in [0.2, 0.25) is 12.2 Å². The SMILES string of the molecule is CC(=O)N(C[C]=O)C(=O)N(C(=O)N1CCNCC1)c1ccccc1. The number of hydrogen-bond donors (Lipinski definition) is 1. The summed E-state index contributed by atoms with van der Waals surface area (Å²) in [7, 11) is 0. The minimum Gasteiger partial charge on any atom is -0.321 e. The lowest BCUT2D eigenvalue weighted by atomic mass is 10.3. The van der Waals surface area contributed by atoms with Crippen LogP contribution in [0.2, 0.25) is 0 Å². The van der Waals surface area contributed by atoms with Gasteiger partial charge in [-0.3, -0.25) is 14.5 Å². The van der Waals surface area contributed by atoms with Crippen LogP contribution in [0, 0.1) is 0 Å². The van der Waals surface area contributed by atoms with E-state index in [1.807, 2.05) is 0 Å². The molecule has 1 aliphatic rings. The predicted molar refractivity (Wildman–Crippen MR) is 87.2 cm³/mol. The molecule has 0 aliphatic carbocycles. The molecule has 1 fully saturated rings. The average molecular weight is 331 g/mol. The number of benzene rings is 1. The first-order chi connectivity index (χ1) is 11.6. The summed E-state index contributed by atoms with van der Waals surface area (Å²) in [5.74, 6) is -0.627. The standard InChI is InChI=1S/C16H19N4O4/c1-13(22)19(11-12-21)16(24)20(14-5-3-2-4-6-14)15(23)18-9-7-17-8-10-18/h2-6,17H,7-11H2,1H3. The van der Waals surface area contributed by atoms with Gasteiger partial charge in [-0.25, -0.2) is 14.5 Å². The molecule has 1 radical (unpaired) electrons. The number of carbonyl (C=O) groups is 3. The molecule has 1 N–H and O–H groups in total. The molecule has 1 aromatic rings. The first-order valence-corrected chi connectivity index (χ1v) is 7.58. The van der Waals surface area contributed by atoms with Crippen molar-refractivity contribution in [2.75, 3.05) is 37.6 Å². The summed E-state index contributed by atoms with van der Waals surface area (Å²) in [6.07, 6.45) is 1.53. The van der Waals surface area contributed by atoms with Crippen LogP contribution in [0.25, 0.3) is 0 Å². The number of nitrogens with zero attached hydrogens (tertiary/aromatic N) is 3. The summed E-state index contributed by atoms with van der Waals surface area (Å²) >= 11 is 0. The van der Waals surface area contributed by atoms with Crippen molar-refractivity contribution in [3.63, 3.8) is 0 Å². The molecule has 2 rings (SSSR count). The second-order valence-corrected chi connectivity index (χ2v) is 5.22. The normalized spacial score (nSPS) is 14.0. The van der Waals surface area contributed by atoms with Gasteiger partial charge in [-0.2, -0.15) is 0 Å². The van der Waals surface area contributed by atoms with Crippen LogP contribution in [-0.4, -0.2) is 66.8 Å². The Hall–Kier alpha value is -2.74. The van der Waals surface area contributed by atoms with Crippen LogP contribution in [0.4, 0.5) is 15.3 Å². The number of urea groups is 2. The van der Waals surface area contributed by atoms with E-state index in [0.29, 0.717) is 36.8 Å². The molecule has 0 atom stereocenters. The number of rotatable bonds is 3. The fourth-order valence-corrected chi connectivity index (χ4v) is 2.38. The summed E-state index contributed by atoms with van der Waals surface area (Å²) in [5, 5.41) is 3.13. The van der Waals surface area contributed by atoms with Gasteiger partial charge in [0.05, 0.1) is 12.2 Å². The van der Waals surface area contributed by atoms with Gasteiger partial charge in [-0.05, 0) is 12.1 Å². The molecule has 127 valence electrons. The van der Waals surface area contributed by atoms with E-state index in [0.717, 1.165) is 11.8 Å². The van der Waals surface area contributed by atoms with Crippen molar-refractivity contribution in [3.8, 4) is 0 Å². The molecule has 24 heavy (non-hydrogen) atoms. The van der Waals surface area contributed by atoms with E-state index in [4.69, 9.17) is 0 Å². The minimum absolute atomic E-state index is 0.336. The molecule has 1 aliphatic heterocycles. The second kappa shape index (κ2) is 8.21. The summed E-state index contributed by atoms with van der Waals surface area (Å²) in [5.41, 5.74) is 0.336. The van der Waals surface area contributed by atoms with Crippen molar-refractivity contribution in [1.82, 2.24) is 15.1 Å². The Balaban J connectivity index is 2.35. The van der Waals surface area contributed by atoms with Crippen molar-refractivity contribution in [1.29, 1.82) is 0 Å². The third-order valence-electron chi connectivity index (χ3n) is 3.62. The number of amides is 5. The average Bonchev–Trinajstić information content (AvgIpc) is 2.61. The number of imide groups is 2. The van der Waals surface area contributed by atoms with Gasteiger partial charge in [0.25, 0.3) is 0 Å². The smallest absolute Gasteiger partial charge is 0.321 e. The second-order valence-electron chi connectivity index (χ2n) is 5.22. The van der Waals surface area contributed by atoms with Gasteiger partial charge in [-0.15, -0.1) is 0 Å². The van der Waals surface area contributed by atoms with Gasteiger partial charge in [0.1, 0.15) is 0 Å².